The van der Waals surface area contributed by atoms with Crippen molar-refractivity contribution in [3.63, 3.8) is 0 Å². The number of ether oxygens (including phenoxy) is 2. The van der Waals surface area contributed by atoms with Crippen LogP contribution in [0.4, 0.5) is 0 Å². The SMILES string of the molecule is C=C1C2=C(C(=O)N1OC)[C@H](OC(=O)CCCCCl)[C@@](C)(O)[C@H](CCCCC)O2. The topological polar surface area (TPSA) is 85.3 Å². The van der Waals surface area contributed by atoms with Crippen molar-refractivity contribution in [2.75, 3.05) is 13.0 Å². The van der Waals surface area contributed by atoms with Crippen molar-refractivity contribution in [3.05, 3.63) is 23.6 Å². The Bertz CT molecular complexity index is 645. The van der Waals surface area contributed by atoms with Crippen molar-refractivity contribution < 1.29 is 29.0 Å². The van der Waals surface area contributed by atoms with Crippen molar-refractivity contribution in [1.82, 2.24) is 5.06 Å². The molecule has 2 aliphatic heterocycles. The van der Waals surface area contributed by atoms with Crippen LogP contribution in [0.5, 0.6) is 0 Å². The number of nitrogens with zero attached hydrogens (tertiary/aromatic N) is 1. The summed E-state index contributed by atoms with van der Waals surface area (Å²) < 4.78 is 11.6. The summed E-state index contributed by atoms with van der Waals surface area (Å²) in [6.45, 7) is 7.48. The zero-order valence-corrected chi connectivity index (χ0v) is 17.6. The predicted octanol–water partition coefficient (Wildman–Crippen LogP) is 3.21. The van der Waals surface area contributed by atoms with Gasteiger partial charge < -0.3 is 14.6 Å². The number of hydroxylamine groups is 2. The lowest BCUT2D eigenvalue weighted by Crippen LogP contribution is -2.56. The van der Waals surface area contributed by atoms with Gasteiger partial charge in [0, 0.05) is 12.3 Å². The molecule has 7 nitrogen and oxygen atoms in total. The van der Waals surface area contributed by atoms with E-state index < -0.39 is 29.7 Å². The van der Waals surface area contributed by atoms with E-state index in [-0.39, 0.29) is 23.5 Å². The van der Waals surface area contributed by atoms with E-state index in [2.05, 4.69) is 13.5 Å². The highest BCUT2D eigenvalue weighted by Gasteiger charge is 2.56. The molecule has 28 heavy (non-hydrogen) atoms. The molecule has 0 bridgehead atoms. The molecule has 158 valence electrons. The quantitative estimate of drug-likeness (QED) is 0.335. The lowest BCUT2D eigenvalue weighted by Gasteiger charge is -2.42. The van der Waals surface area contributed by atoms with Gasteiger partial charge in [0.2, 0.25) is 0 Å². The molecule has 2 heterocycles. The van der Waals surface area contributed by atoms with Gasteiger partial charge in [0.25, 0.3) is 5.91 Å². The van der Waals surface area contributed by atoms with Crippen LogP contribution in [0, 0.1) is 0 Å². The molecular formula is C20H30ClNO6. The molecule has 0 radical (unpaired) electrons. The maximum atomic E-state index is 12.8. The number of halogens is 1. The summed E-state index contributed by atoms with van der Waals surface area (Å²) >= 11 is 5.65. The van der Waals surface area contributed by atoms with Gasteiger partial charge in [0.1, 0.15) is 23.0 Å². The molecule has 1 N–H and O–H groups in total. The van der Waals surface area contributed by atoms with Crippen LogP contribution in [-0.2, 0) is 23.9 Å². The number of unbranched alkanes of at least 4 members (excludes halogenated alkanes) is 3. The van der Waals surface area contributed by atoms with Crippen LogP contribution in [0.1, 0.15) is 58.8 Å². The number of hydrogen-bond acceptors (Lipinski definition) is 6. The number of esters is 1. The van der Waals surface area contributed by atoms with Crippen molar-refractivity contribution in [2.45, 2.75) is 76.6 Å². The molecule has 3 atom stereocenters. The van der Waals surface area contributed by atoms with Crippen molar-refractivity contribution in [1.29, 1.82) is 0 Å². The number of carbonyl (C=O) groups is 2. The summed E-state index contributed by atoms with van der Waals surface area (Å²) in [4.78, 5) is 30.2. The summed E-state index contributed by atoms with van der Waals surface area (Å²) in [6, 6.07) is 0. The molecule has 8 heteroatoms. The summed E-state index contributed by atoms with van der Waals surface area (Å²) in [5.41, 5.74) is -1.26. The van der Waals surface area contributed by atoms with Crippen LogP contribution in [0.25, 0.3) is 0 Å². The van der Waals surface area contributed by atoms with Crippen molar-refractivity contribution >= 4 is 23.5 Å². The molecule has 0 aromatic rings. The molecule has 0 saturated carbocycles. The molecule has 1 amide bonds. The van der Waals surface area contributed by atoms with Gasteiger partial charge in [-0.25, -0.2) is 0 Å². The van der Waals surface area contributed by atoms with Crippen molar-refractivity contribution in [3.8, 4) is 0 Å². The first-order valence-electron chi connectivity index (χ1n) is 9.76. The first kappa shape index (κ1) is 22.7. The van der Waals surface area contributed by atoms with E-state index in [9.17, 15) is 14.7 Å². The first-order valence-corrected chi connectivity index (χ1v) is 10.3. The second kappa shape index (κ2) is 9.76. The Labute approximate surface area is 171 Å². The van der Waals surface area contributed by atoms with Crippen LogP contribution < -0.4 is 0 Å². The van der Waals surface area contributed by atoms with Gasteiger partial charge in [-0.05, 0) is 32.6 Å². The third-order valence-electron chi connectivity index (χ3n) is 5.14. The zero-order chi connectivity index (χ0) is 20.9. The number of hydrogen-bond donors (Lipinski definition) is 1. The average molecular weight is 416 g/mol. The molecule has 2 rings (SSSR count). The lowest BCUT2D eigenvalue weighted by molar-refractivity contribution is -0.183. The highest BCUT2D eigenvalue weighted by Crippen LogP contribution is 2.44. The molecule has 0 fully saturated rings. The highest BCUT2D eigenvalue weighted by atomic mass is 35.5. The highest BCUT2D eigenvalue weighted by molar-refractivity contribution is 6.17. The van der Waals surface area contributed by atoms with Gasteiger partial charge in [0.15, 0.2) is 11.9 Å². The molecule has 0 aromatic carbocycles. The maximum Gasteiger partial charge on any atom is 0.306 e. The second-order valence-corrected chi connectivity index (χ2v) is 7.69. The molecule has 0 aliphatic carbocycles. The van der Waals surface area contributed by atoms with Gasteiger partial charge >= 0.3 is 5.97 Å². The average Bonchev–Trinajstić information content (AvgIpc) is 2.88. The Balaban J connectivity index is 2.31. The van der Waals surface area contributed by atoms with Crippen molar-refractivity contribution in [2.24, 2.45) is 0 Å². The number of amides is 1. The van der Waals surface area contributed by atoms with Gasteiger partial charge in [-0.2, -0.15) is 5.06 Å². The van der Waals surface area contributed by atoms with E-state index in [1.807, 2.05) is 0 Å². The van der Waals surface area contributed by atoms with Crippen LogP contribution in [0.2, 0.25) is 0 Å². The Hall–Kier alpha value is -1.57. The number of carbonyl (C=O) groups excluding carboxylic acids is 2. The fourth-order valence-corrected chi connectivity index (χ4v) is 3.71. The maximum absolute atomic E-state index is 12.8. The predicted molar refractivity (Wildman–Crippen MR) is 104 cm³/mol. The van der Waals surface area contributed by atoms with Crippen LogP contribution in [0.15, 0.2) is 23.6 Å². The van der Waals surface area contributed by atoms with E-state index in [0.717, 1.165) is 24.3 Å². The normalized spacial score (nSPS) is 27.1. The van der Waals surface area contributed by atoms with E-state index in [0.29, 0.717) is 25.1 Å². The van der Waals surface area contributed by atoms with Crippen LogP contribution in [-0.4, -0.2) is 52.8 Å². The Kier molecular flexibility index (Phi) is 7.92. The lowest BCUT2D eigenvalue weighted by atomic mass is 9.82. The zero-order valence-electron chi connectivity index (χ0n) is 16.8. The minimum Gasteiger partial charge on any atom is -0.484 e. The van der Waals surface area contributed by atoms with E-state index in [1.54, 1.807) is 0 Å². The summed E-state index contributed by atoms with van der Waals surface area (Å²) in [6.07, 6.45) is 3.02. The molecule has 0 aromatic heterocycles. The number of aliphatic hydroxyl groups is 1. The van der Waals surface area contributed by atoms with E-state index in [1.165, 1.54) is 14.0 Å². The third-order valence-corrected chi connectivity index (χ3v) is 5.41. The van der Waals surface area contributed by atoms with Gasteiger partial charge in [-0.15, -0.1) is 11.6 Å². The van der Waals surface area contributed by atoms with Crippen LogP contribution >= 0.6 is 11.6 Å². The minimum atomic E-state index is -1.56. The minimum absolute atomic E-state index is 0.0642. The Morgan fingerprint density at radius 1 is 1.36 bits per heavy atom. The molecule has 0 saturated heterocycles. The summed E-state index contributed by atoms with van der Waals surface area (Å²) in [5, 5.41) is 12.2. The number of rotatable bonds is 10. The van der Waals surface area contributed by atoms with E-state index >= 15 is 0 Å². The molecule has 0 spiro atoms. The molecular weight excluding hydrogens is 386 g/mol. The second-order valence-electron chi connectivity index (χ2n) is 7.32. The van der Waals surface area contributed by atoms with E-state index in [4.69, 9.17) is 25.9 Å². The molecule has 2 aliphatic rings. The van der Waals surface area contributed by atoms with Crippen LogP contribution in [0.3, 0.4) is 0 Å². The van der Waals surface area contributed by atoms with Gasteiger partial charge in [-0.3, -0.25) is 14.4 Å². The summed E-state index contributed by atoms with van der Waals surface area (Å²) in [5.74, 6) is -0.365. The third kappa shape index (κ3) is 4.53. The fourth-order valence-electron chi connectivity index (χ4n) is 3.52. The Morgan fingerprint density at radius 3 is 2.68 bits per heavy atom. The monoisotopic (exact) mass is 415 g/mol. The smallest absolute Gasteiger partial charge is 0.306 e. The standard InChI is InChI=1S/C20H30ClNO6/c1-5-6-7-10-14-20(3,25)18(28-15(23)11-8-9-12-21)16-17(27-14)13(2)22(26-4)19(16)24/h14,18,25H,2,5-12H2,1,3-4H3/t14-,18-,20-/m0/s1. The molecule has 0 unspecified atom stereocenters. The first-order chi connectivity index (χ1) is 13.3. The fraction of sp³-hybridized carbons (Fsp3) is 0.700. The van der Waals surface area contributed by atoms with Gasteiger partial charge in [0.05, 0.1) is 7.11 Å². The summed E-state index contributed by atoms with van der Waals surface area (Å²) in [7, 11) is 1.34. The number of alkyl halides is 1. The van der Waals surface area contributed by atoms with Gasteiger partial charge in [-0.1, -0.05) is 26.3 Å². The largest absolute Gasteiger partial charge is 0.484 e. The Morgan fingerprint density at radius 2 is 2.07 bits per heavy atom.